The second-order valence-corrected chi connectivity index (χ2v) is 16.6. The van der Waals surface area contributed by atoms with Crippen molar-refractivity contribution in [2.45, 2.75) is 72.3 Å². The van der Waals surface area contributed by atoms with E-state index in [-0.39, 0.29) is 0 Å². The first-order valence-electron chi connectivity index (χ1n) is 9.58. The Balaban J connectivity index is 3.85. The van der Waals surface area contributed by atoms with Gasteiger partial charge < -0.3 is 0 Å². The first kappa shape index (κ1) is 21.8. The monoisotopic (exact) mass is 400 g/mol. The molecule has 0 bridgehead atoms. The van der Waals surface area contributed by atoms with Crippen molar-refractivity contribution in [3.8, 4) is 0 Å². The van der Waals surface area contributed by atoms with Gasteiger partial charge in [-0.2, -0.15) is 0 Å². The topological polar surface area (TPSA) is 6.48 Å². The number of hydrogen-bond donors (Lipinski definition) is 0. The minimum atomic E-state index is -1.18. The Bertz CT molecular complexity index is 211. The average molecular weight is 400 g/mol. The molecule has 3 heteroatoms. The Morgan fingerprint density at radius 2 is 1.29 bits per heavy atom. The number of hydrogen-bond acceptors (Lipinski definition) is 2. The van der Waals surface area contributed by atoms with E-state index in [0.717, 1.165) is 0 Å². The van der Waals surface area contributed by atoms with Crippen LogP contribution in [0.25, 0.3) is 0 Å². The number of rotatable bonds is 15. The molecule has 0 heterocycles. The van der Waals surface area contributed by atoms with Crippen molar-refractivity contribution >= 4 is 21.4 Å². The predicted octanol–water partition coefficient (Wildman–Crippen LogP) is 4.75. The number of nitrogens with zero attached hydrogens (tertiary/aromatic N) is 2. The van der Waals surface area contributed by atoms with Crippen molar-refractivity contribution in [3.05, 3.63) is 0 Å². The first-order valence-corrected chi connectivity index (χ1v) is 16.6. The second kappa shape index (κ2) is 15.7. The van der Waals surface area contributed by atoms with E-state index >= 15 is 0 Å². The van der Waals surface area contributed by atoms with E-state index in [4.69, 9.17) is 0 Å². The fourth-order valence-electron chi connectivity index (χ4n) is 3.33. The summed E-state index contributed by atoms with van der Waals surface area (Å²) in [5, 5.41) is 0. The maximum atomic E-state index is 2.64. The van der Waals surface area contributed by atoms with Crippen LogP contribution in [0.4, 0.5) is 0 Å². The Kier molecular flexibility index (Phi) is 16.3. The zero-order chi connectivity index (χ0) is 15.9. The summed E-state index contributed by atoms with van der Waals surface area (Å²) in [5.41, 5.74) is 0. The summed E-state index contributed by atoms with van der Waals surface area (Å²) in [5.74, 6) is 0. The van der Waals surface area contributed by atoms with E-state index in [1.807, 2.05) is 0 Å². The van der Waals surface area contributed by atoms with Gasteiger partial charge in [-0.25, -0.2) is 0 Å². The van der Waals surface area contributed by atoms with Crippen LogP contribution in [0.3, 0.4) is 0 Å². The summed E-state index contributed by atoms with van der Waals surface area (Å²) >= 11 is -1.18. The first-order chi connectivity index (χ1) is 10.2. The van der Waals surface area contributed by atoms with Gasteiger partial charge in [-0.15, -0.1) is 0 Å². The van der Waals surface area contributed by atoms with Gasteiger partial charge in [0.15, 0.2) is 0 Å². The molecule has 0 unspecified atom stereocenters. The van der Waals surface area contributed by atoms with E-state index in [1.165, 1.54) is 64.8 Å². The van der Waals surface area contributed by atoms with Gasteiger partial charge in [0.25, 0.3) is 0 Å². The van der Waals surface area contributed by atoms with Gasteiger partial charge in [0.1, 0.15) is 0 Å². The molecule has 0 saturated carbocycles. The van der Waals surface area contributed by atoms with Crippen LogP contribution in [0, 0.1) is 0 Å². The van der Waals surface area contributed by atoms with Gasteiger partial charge in [-0.05, 0) is 0 Å². The van der Waals surface area contributed by atoms with E-state index in [1.54, 1.807) is 12.5 Å². The Hall–Kier alpha value is 0.790. The van der Waals surface area contributed by atoms with Gasteiger partial charge in [-0.1, -0.05) is 0 Å². The third-order valence-electron chi connectivity index (χ3n) is 4.53. The van der Waals surface area contributed by atoms with Crippen LogP contribution < -0.4 is 0 Å². The van der Waals surface area contributed by atoms with Crippen LogP contribution in [-0.2, 0) is 0 Å². The molecule has 0 saturated heterocycles. The van der Waals surface area contributed by atoms with E-state index in [9.17, 15) is 0 Å². The average Bonchev–Trinajstić information content (AvgIpc) is 2.46. The fourth-order valence-corrected chi connectivity index (χ4v) is 12.5. The van der Waals surface area contributed by atoms with Gasteiger partial charge in [0, 0.05) is 0 Å². The molecule has 0 amide bonds. The van der Waals surface area contributed by atoms with Gasteiger partial charge in [0.05, 0.1) is 0 Å². The molecule has 0 aliphatic rings. The molecular weight excluding hydrogens is 359 g/mol. The van der Waals surface area contributed by atoms with E-state index in [0.29, 0.717) is 0 Å². The van der Waals surface area contributed by atoms with Crippen molar-refractivity contribution < 1.29 is 0 Å². The zero-order valence-electron chi connectivity index (χ0n) is 15.7. The molecule has 0 N–H and O–H groups in total. The maximum absolute atomic E-state index is 2.64. The van der Waals surface area contributed by atoms with Crippen LogP contribution >= 0.6 is 0 Å². The molecule has 0 radical (unpaired) electrons. The predicted molar refractivity (Wildman–Crippen MR) is 99.9 cm³/mol. The summed E-state index contributed by atoms with van der Waals surface area (Å²) < 4.78 is 4.93. The third kappa shape index (κ3) is 13.0. The van der Waals surface area contributed by atoms with E-state index < -0.39 is 21.4 Å². The molecule has 0 aromatic rings. The van der Waals surface area contributed by atoms with Crippen molar-refractivity contribution in [3.63, 3.8) is 0 Å². The summed E-state index contributed by atoms with van der Waals surface area (Å²) in [6.45, 7) is 15.8. The van der Waals surface area contributed by atoms with Crippen molar-refractivity contribution in [2.24, 2.45) is 0 Å². The molecular formula is C18H41InN2. The van der Waals surface area contributed by atoms with E-state index in [2.05, 4.69) is 44.5 Å². The molecule has 0 spiro atoms. The fraction of sp³-hybridized carbons (Fsp3) is 1.00. The summed E-state index contributed by atoms with van der Waals surface area (Å²) in [7, 11) is 2.29. The molecule has 0 aromatic heterocycles. The summed E-state index contributed by atoms with van der Waals surface area (Å²) in [4.78, 5) is 5.17. The minimum absolute atomic E-state index is 1.18. The molecule has 0 aliphatic heterocycles. The van der Waals surface area contributed by atoms with Crippen molar-refractivity contribution in [1.29, 1.82) is 0 Å². The molecule has 0 fully saturated rings. The SMILES string of the molecule is CCCN(C)CC[CH2][In]([CH2]CC)[CH2]CCN(CC)CCC. The summed E-state index contributed by atoms with van der Waals surface area (Å²) in [6.07, 6.45) is 7.00. The zero-order valence-corrected chi connectivity index (χ0v) is 19.0. The molecule has 21 heavy (non-hydrogen) atoms. The van der Waals surface area contributed by atoms with Crippen LogP contribution in [0.2, 0.25) is 12.5 Å². The molecule has 2 nitrogen and oxygen atoms in total. The standard InChI is InChI=1S/C8H18N.C7H16N.C3H7.In/c1-4-7-9(6-3)8-5-2;1-4-6-8(3)7-5-2;1-3-2;/h1,4-8H2,2-3H3;1,4-7H2,2-3H3;1,3H2,2H3;. The molecule has 0 atom stereocenters. The van der Waals surface area contributed by atoms with Gasteiger partial charge >= 0.3 is 143 Å². The van der Waals surface area contributed by atoms with Crippen LogP contribution in [0.15, 0.2) is 0 Å². The summed E-state index contributed by atoms with van der Waals surface area (Å²) in [6, 6.07) is 0. The van der Waals surface area contributed by atoms with Crippen molar-refractivity contribution in [2.75, 3.05) is 39.8 Å². The Labute approximate surface area is 143 Å². The van der Waals surface area contributed by atoms with Crippen LogP contribution in [-0.4, -0.2) is 71.0 Å². The molecule has 126 valence electrons. The Morgan fingerprint density at radius 3 is 1.81 bits per heavy atom. The molecule has 0 aromatic carbocycles. The quantitative estimate of drug-likeness (QED) is 0.392. The van der Waals surface area contributed by atoms with Crippen molar-refractivity contribution in [1.82, 2.24) is 9.80 Å². The van der Waals surface area contributed by atoms with Gasteiger partial charge in [0.2, 0.25) is 0 Å². The molecule has 0 rings (SSSR count). The van der Waals surface area contributed by atoms with Crippen LogP contribution in [0.5, 0.6) is 0 Å². The Morgan fingerprint density at radius 1 is 0.667 bits per heavy atom. The van der Waals surface area contributed by atoms with Crippen LogP contribution in [0.1, 0.15) is 59.8 Å². The normalized spacial score (nSPS) is 11.6. The second-order valence-electron chi connectivity index (χ2n) is 6.68. The third-order valence-corrected chi connectivity index (χ3v) is 15.5. The van der Waals surface area contributed by atoms with Gasteiger partial charge in [-0.3, -0.25) is 0 Å². The molecule has 0 aliphatic carbocycles.